The molecule has 3 aromatic rings. The topological polar surface area (TPSA) is 84.5 Å². The van der Waals surface area contributed by atoms with E-state index < -0.39 is 17.9 Å². The third-order valence-corrected chi connectivity index (χ3v) is 6.04. The number of esters is 1. The van der Waals surface area contributed by atoms with Gasteiger partial charge < -0.3 is 15.4 Å². The molecule has 0 radical (unpaired) electrons. The molecule has 6 nitrogen and oxygen atoms in total. The lowest BCUT2D eigenvalue weighted by atomic mass is 9.92. The zero-order valence-corrected chi connectivity index (χ0v) is 21.3. The maximum Gasteiger partial charge on any atom is 0.306 e. The van der Waals surface area contributed by atoms with Gasteiger partial charge in [-0.15, -0.1) is 0 Å². The number of ether oxygens (including phenoxy) is 1. The second kappa shape index (κ2) is 13.4. The van der Waals surface area contributed by atoms with Gasteiger partial charge in [-0.1, -0.05) is 86.6 Å². The van der Waals surface area contributed by atoms with Gasteiger partial charge in [0.1, 0.15) is 6.04 Å². The zero-order valence-electron chi connectivity index (χ0n) is 21.3. The minimum Gasteiger partial charge on any atom is -0.466 e. The maximum absolute atomic E-state index is 13.3. The number of fused-ring (bicyclic) bond motifs is 1. The van der Waals surface area contributed by atoms with Gasteiger partial charge in [0.15, 0.2) is 0 Å². The van der Waals surface area contributed by atoms with Crippen LogP contribution in [-0.2, 0) is 32.1 Å². The minimum atomic E-state index is -0.778. The maximum atomic E-state index is 13.3. The van der Waals surface area contributed by atoms with Gasteiger partial charge in [-0.3, -0.25) is 14.4 Å². The van der Waals surface area contributed by atoms with Crippen LogP contribution in [0.1, 0.15) is 44.7 Å². The number of rotatable bonds is 12. The second-order valence-corrected chi connectivity index (χ2v) is 9.49. The first-order valence-corrected chi connectivity index (χ1v) is 12.6. The van der Waals surface area contributed by atoms with Crippen molar-refractivity contribution in [3.63, 3.8) is 0 Å². The van der Waals surface area contributed by atoms with E-state index in [1.807, 2.05) is 86.6 Å². The largest absolute Gasteiger partial charge is 0.466 e. The Kier molecular flexibility index (Phi) is 10.0. The van der Waals surface area contributed by atoms with Gasteiger partial charge in [-0.25, -0.2) is 0 Å². The molecule has 3 aromatic carbocycles. The van der Waals surface area contributed by atoms with Crippen molar-refractivity contribution >= 4 is 28.6 Å². The number of nitrogens with one attached hydrogen (secondary N) is 2. The highest BCUT2D eigenvalue weighted by Crippen LogP contribution is 2.19. The first kappa shape index (κ1) is 26.9. The fraction of sp³-hybridized carbons (Fsp3) is 0.367. The van der Waals surface area contributed by atoms with E-state index in [1.165, 1.54) is 0 Å². The van der Waals surface area contributed by atoms with Crippen LogP contribution in [0.5, 0.6) is 0 Å². The molecule has 3 rings (SSSR count). The molecule has 6 heteroatoms. The van der Waals surface area contributed by atoms with E-state index in [0.717, 1.165) is 21.9 Å². The van der Waals surface area contributed by atoms with Crippen molar-refractivity contribution in [3.8, 4) is 0 Å². The van der Waals surface area contributed by atoms with E-state index in [0.29, 0.717) is 19.4 Å². The summed E-state index contributed by atoms with van der Waals surface area (Å²) in [5, 5.41) is 8.09. The van der Waals surface area contributed by atoms with Crippen molar-refractivity contribution in [1.82, 2.24) is 10.6 Å². The molecule has 0 saturated heterocycles. The third-order valence-electron chi connectivity index (χ3n) is 6.04. The quantitative estimate of drug-likeness (QED) is 0.359. The molecule has 0 aliphatic rings. The second-order valence-electron chi connectivity index (χ2n) is 9.49. The van der Waals surface area contributed by atoms with Crippen LogP contribution in [0.25, 0.3) is 10.8 Å². The summed E-state index contributed by atoms with van der Waals surface area (Å²) in [7, 11) is 0. The minimum absolute atomic E-state index is 0.00776. The lowest BCUT2D eigenvalue weighted by molar-refractivity contribution is -0.146. The summed E-state index contributed by atoms with van der Waals surface area (Å²) < 4.78 is 5.08. The normalized spacial score (nSPS) is 12.7. The van der Waals surface area contributed by atoms with Gasteiger partial charge in [0.2, 0.25) is 11.8 Å². The van der Waals surface area contributed by atoms with Crippen LogP contribution >= 0.6 is 0 Å². The summed E-state index contributed by atoms with van der Waals surface area (Å²) in [6, 6.07) is 22.9. The number of carbonyl (C=O) groups excluding carboxylic acids is 3. The number of carbonyl (C=O) groups is 3. The predicted octanol–water partition coefficient (Wildman–Crippen LogP) is 4.80. The summed E-state index contributed by atoms with van der Waals surface area (Å²) in [5.41, 5.74) is 1.92. The number of benzene rings is 3. The highest BCUT2D eigenvalue weighted by molar-refractivity contribution is 5.90. The van der Waals surface area contributed by atoms with Crippen molar-refractivity contribution in [2.45, 2.75) is 52.6 Å². The van der Waals surface area contributed by atoms with E-state index in [9.17, 15) is 14.4 Å². The van der Waals surface area contributed by atoms with Crippen molar-refractivity contribution in [2.75, 3.05) is 6.61 Å². The van der Waals surface area contributed by atoms with E-state index in [4.69, 9.17) is 4.74 Å². The van der Waals surface area contributed by atoms with Crippen LogP contribution in [0.15, 0.2) is 72.8 Å². The lowest BCUT2D eigenvalue weighted by Gasteiger charge is -2.23. The van der Waals surface area contributed by atoms with Crippen molar-refractivity contribution in [1.29, 1.82) is 0 Å². The average molecular weight is 489 g/mol. The summed E-state index contributed by atoms with van der Waals surface area (Å²) in [6.07, 6.45) is 0.857. The van der Waals surface area contributed by atoms with Crippen LogP contribution in [0, 0.1) is 11.8 Å². The highest BCUT2D eigenvalue weighted by atomic mass is 16.5. The Morgan fingerprint density at radius 3 is 2.22 bits per heavy atom. The van der Waals surface area contributed by atoms with Crippen LogP contribution in [0.4, 0.5) is 0 Å². The fourth-order valence-electron chi connectivity index (χ4n) is 4.28. The lowest BCUT2D eigenvalue weighted by Crippen LogP contribution is -2.49. The number of amides is 2. The molecular weight excluding hydrogens is 452 g/mol. The average Bonchev–Trinajstić information content (AvgIpc) is 2.87. The Bertz CT molecular complexity index is 1160. The predicted molar refractivity (Wildman–Crippen MR) is 142 cm³/mol. The molecule has 1 unspecified atom stereocenters. The Labute approximate surface area is 213 Å². The molecule has 0 saturated carbocycles. The molecule has 0 heterocycles. The Morgan fingerprint density at radius 2 is 1.53 bits per heavy atom. The van der Waals surface area contributed by atoms with Gasteiger partial charge in [0.05, 0.1) is 13.0 Å². The zero-order chi connectivity index (χ0) is 25.9. The fourth-order valence-corrected chi connectivity index (χ4v) is 4.28. The van der Waals surface area contributed by atoms with Crippen LogP contribution in [0.2, 0.25) is 0 Å². The first-order chi connectivity index (χ1) is 17.4. The molecule has 2 amide bonds. The number of hydrogen-bond donors (Lipinski definition) is 2. The molecule has 0 aliphatic heterocycles. The molecule has 36 heavy (non-hydrogen) atoms. The highest BCUT2D eigenvalue weighted by Gasteiger charge is 2.28. The summed E-state index contributed by atoms with van der Waals surface area (Å²) in [4.78, 5) is 38.7. The summed E-state index contributed by atoms with van der Waals surface area (Å²) in [6.45, 7) is 6.38. The van der Waals surface area contributed by atoms with Crippen LogP contribution in [0.3, 0.4) is 0 Å². The standard InChI is InChI=1S/C30H36N2O4/c1-4-36-28(33)19-26(16-21(2)3)29(34)32-27(30(35)31-20-22-10-6-5-7-11-22)18-23-14-15-24-12-8-9-13-25(24)17-23/h5-15,17,21,26-27H,4,16,18-20H2,1-3H3,(H,31,35)(H,32,34)/t26?,27-/m0/s1. The Morgan fingerprint density at radius 1 is 0.833 bits per heavy atom. The van der Waals surface area contributed by atoms with Crippen molar-refractivity contribution in [3.05, 3.63) is 83.9 Å². The van der Waals surface area contributed by atoms with Gasteiger partial charge in [-0.05, 0) is 41.2 Å². The van der Waals surface area contributed by atoms with Crippen LogP contribution in [-0.4, -0.2) is 30.4 Å². The van der Waals surface area contributed by atoms with Gasteiger partial charge in [0, 0.05) is 18.9 Å². The first-order valence-electron chi connectivity index (χ1n) is 12.6. The molecule has 2 N–H and O–H groups in total. The molecule has 0 fully saturated rings. The molecule has 190 valence electrons. The molecule has 0 spiro atoms. The molecule has 0 bridgehead atoms. The van der Waals surface area contributed by atoms with Gasteiger partial charge in [-0.2, -0.15) is 0 Å². The van der Waals surface area contributed by atoms with Gasteiger partial charge in [0.25, 0.3) is 0 Å². The monoisotopic (exact) mass is 488 g/mol. The molecule has 0 aromatic heterocycles. The molecule has 0 aliphatic carbocycles. The van der Waals surface area contributed by atoms with Gasteiger partial charge >= 0.3 is 5.97 Å². The molecule has 2 atom stereocenters. The van der Waals surface area contributed by atoms with Crippen LogP contribution < -0.4 is 10.6 Å². The summed E-state index contributed by atoms with van der Waals surface area (Å²) in [5.74, 6) is -1.33. The van der Waals surface area contributed by atoms with E-state index >= 15 is 0 Å². The number of hydrogen-bond acceptors (Lipinski definition) is 4. The van der Waals surface area contributed by atoms with Crippen molar-refractivity contribution in [2.24, 2.45) is 11.8 Å². The summed E-state index contributed by atoms with van der Waals surface area (Å²) >= 11 is 0. The van der Waals surface area contributed by atoms with Crippen molar-refractivity contribution < 1.29 is 19.1 Å². The SMILES string of the molecule is CCOC(=O)CC(CC(C)C)C(=O)N[C@@H](Cc1ccc2ccccc2c1)C(=O)NCc1ccccc1. The smallest absolute Gasteiger partial charge is 0.306 e. The van der Waals surface area contributed by atoms with E-state index in [-0.39, 0.29) is 30.8 Å². The Hall–Kier alpha value is -3.67. The van der Waals surface area contributed by atoms with E-state index in [2.05, 4.69) is 10.6 Å². The van der Waals surface area contributed by atoms with E-state index in [1.54, 1.807) is 6.92 Å². The molecular formula is C30H36N2O4. The third kappa shape index (κ3) is 8.22. The Balaban J connectivity index is 1.79.